The monoisotopic (exact) mass is 276 g/mol. The molecule has 0 aromatic carbocycles. The second-order valence-corrected chi connectivity index (χ2v) is 7.55. The first-order valence-electron chi connectivity index (χ1n) is 8.18. The van der Waals surface area contributed by atoms with Crippen molar-refractivity contribution in [3.8, 4) is 0 Å². The molecular formula is C17H30N3+3. The van der Waals surface area contributed by atoms with Crippen molar-refractivity contribution < 1.29 is 13.5 Å². The van der Waals surface area contributed by atoms with Crippen LogP contribution in [0.5, 0.6) is 0 Å². The molecular weight excluding hydrogens is 246 g/mol. The number of fused-ring (bicyclic) bond motifs is 3. The molecule has 1 aromatic rings. The van der Waals surface area contributed by atoms with E-state index in [1.54, 1.807) is 0 Å². The maximum atomic E-state index is 2.44. The number of nitrogens with zero attached hydrogens (tertiary/aromatic N) is 3. The quantitative estimate of drug-likeness (QED) is 0.578. The maximum absolute atomic E-state index is 2.44. The number of piperazine rings is 3. The summed E-state index contributed by atoms with van der Waals surface area (Å²) in [5.41, 5.74) is 1.44. The van der Waals surface area contributed by atoms with Gasteiger partial charge >= 0.3 is 0 Å². The van der Waals surface area contributed by atoms with Gasteiger partial charge in [0.25, 0.3) is 0 Å². The Morgan fingerprint density at radius 2 is 1.55 bits per heavy atom. The molecule has 20 heavy (non-hydrogen) atoms. The Morgan fingerprint density at radius 3 is 2.05 bits per heavy atom. The average molecular weight is 276 g/mol. The Kier molecular flexibility index (Phi) is 3.59. The lowest BCUT2D eigenvalue weighted by molar-refractivity contribution is -1.08. The van der Waals surface area contributed by atoms with Crippen LogP contribution in [0.25, 0.3) is 0 Å². The van der Waals surface area contributed by atoms with E-state index in [0.717, 1.165) is 0 Å². The van der Waals surface area contributed by atoms with Crippen molar-refractivity contribution in [2.24, 2.45) is 0 Å². The van der Waals surface area contributed by atoms with Crippen molar-refractivity contribution in [2.75, 3.05) is 52.9 Å². The van der Waals surface area contributed by atoms with Crippen LogP contribution in [-0.4, -0.2) is 61.8 Å². The van der Waals surface area contributed by atoms with E-state index < -0.39 is 0 Å². The third-order valence-electron chi connectivity index (χ3n) is 5.76. The molecule has 3 nitrogen and oxygen atoms in total. The third kappa shape index (κ3) is 2.75. The second-order valence-electron chi connectivity index (χ2n) is 7.55. The summed E-state index contributed by atoms with van der Waals surface area (Å²) >= 11 is 0. The smallest absolute Gasteiger partial charge is 0.196 e. The third-order valence-corrected chi connectivity index (χ3v) is 5.76. The van der Waals surface area contributed by atoms with E-state index in [-0.39, 0.29) is 0 Å². The number of aromatic nitrogens is 1. The molecule has 0 N–H and O–H groups in total. The minimum Gasteiger partial charge on any atom is -0.312 e. The lowest BCUT2D eigenvalue weighted by Crippen LogP contribution is -2.74. The molecule has 0 radical (unpaired) electrons. The molecule has 110 valence electrons. The first kappa shape index (κ1) is 14.0. The van der Waals surface area contributed by atoms with Gasteiger partial charge in [-0.1, -0.05) is 13.8 Å². The number of hydrogen-bond donors (Lipinski definition) is 0. The molecule has 0 unspecified atom stereocenters. The van der Waals surface area contributed by atoms with Gasteiger partial charge < -0.3 is 8.97 Å². The summed E-state index contributed by atoms with van der Waals surface area (Å²) in [6.45, 7) is 15.3. The van der Waals surface area contributed by atoms with E-state index in [1.165, 1.54) is 66.9 Å². The van der Waals surface area contributed by atoms with Gasteiger partial charge in [0.05, 0.1) is 7.05 Å². The summed E-state index contributed by atoms with van der Waals surface area (Å²) < 4.78 is 5.07. The normalized spacial score (nSPS) is 32.8. The summed E-state index contributed by atoms with van der Waals surface area (Å²) in [7, 11) is 2.44. The summed E-state index contributed by atoms with van der Waals surface area (Å²) in [6, 6.07) is 4.57. The highest BCUT2D eigenvalue weighted by molar-refractivity contribution is 5.11. The molecule has 0 atom stereocenters. The number of pyridine rings is 1. The van der Waals surface area contributed by atoms with Crippen molar-refractivity contribution in [1.29, 1.82) is 0 Å². The van der Waals surface area contributed by atoms with E-state index in [4.69, 9.17) is 0 Å². The largest absolute Gasteiger partial charge is 0.312 e. The molecule has 3 aliphatic rings. The predicted octanol–water partition coefficient (Wildman–Crippen LogP) is 1.39. The highest BCUT2D eigenvalue weighted by Crippen LogP contribution is 2.24. The molecule has 1 aromatic heterocycles. The lowest BCUT2D eigenvalue weighted by Gasteiger charge is -2.53. The SMILES string of the molecule is CC(C)c1cc[n+](CC[N+]23CC[N+](C)(CC2)CC3)cc1. The summed E-state index contributed by atoms with van der Waals surface area (Å²) in [6.07, 6.45) is 4.53. The maximum Gasteiger partial charge on any atom is 0.196 e. The molecule has 0 saturated carbocycles. The number of quaternary nitrogens is 2. The minimum atomic E-state index is 0.631. The molecule has 2 bridgehead atoms. The first-order chi connectivity index (χ1) is 9.50. The molecule has 4 heterocycles. The van der Waals surface area contributed by atoms with Crippen LogP contribution >= 0.6 is 0 Å². The summed E-state index contributed by atoms with van der Waals surface area (Å²) in [5.74, 6) is 0.631. The van der Waals surface area contributed by atoms with Crippen molar-refractivity contribution in [2.45, 2.75) is 26.3 Å². The van der Waals surface area contributed by atoms with Crippen LogP contribution in [0.2, 0.25) is 0 Å². The second kappa shape index (κ2) is 5.12. The van der Waals surface area contributed by atoms with Crippen LogP contribution < -0.4 is 4.57 Å². The molecule has 3 aliphatic heterocycles. The first-order valence-corrected chi connectivity index (χ1v) is 8.18. The predicted molar refractivity (Wildman–Crippen MR) is 81.2 cm³/mol. The number of likely N-dealkylation sites (N-methyl/N-ethyl adjacent to an activating group) is 1. The highest BCUT2D eigenvalue weighted by atomic mass is 15.5. The number of hydrogen-bond acceptors (Lipinski definition) is 0. The Morgan fingerprint density at radius 1 is 1.00 bits per heavy atom. The van der Waals surface area contributed by atoms with Crippen LogP contribution in [0.1, 0.15) is 25.3 Å². The molecule has 3 saturated heterocycles. The molecule has 0 aliphatic carbocycles. The Labute approximate surface area is 123 Å². The van der Waals surface area contributed by atoms with Gasteiger partial charge in [-0.2, -0.15) is 4.57 Å². The van der Waals surface area contributed by atoms with Crippen molar-refractivity contribution in [3.63, 3.8) is 0 Å². The average Bonchev–Trinajstić information content (AvgIpc) is 2.47. The Hall–Kier alpha value is -0.930. The summed E-state index contributed by atoms with van der Waals surface area (Å²) in [4.78, 5) is 0. The van der Waals surface area contributed by atoms with Crippen molar-refractivity contribution in [1.82, 2.24) is 0 Å². The lowest BCUT2D eigenvalue weighted by atomic mass is 10.1. The van der Waals surface area contributed by atoms with Gasteiger partial charge in [-0.25, -0.2) is 0 Å². The van der Waals surface area contributed by atoms with Crippen LogP contribution in [0.3, 0.4) is 0 Å². The number of rotatable bonds is 4. The molecule has 0 spiro atoms. The molecule has 3 heteroatoms. The fourth-order valence-corrected chi connectivity index (χ4v) is 3.70. The van der Waals surface area contributed by atoms with Crippen LogP contribution in [0.15, 0.2) is 24.5 Å². The van der Waals surface area contributed by atoms with E-state index >= 15 is 0 Å². The van der Waals surface area contributed by atoms with E-state index in [2.05, 4.69) is 50.0 Å². The van der Waals surface area contributed by atoms with Gasteiger partial charge in [0.1, 0.15) is 45.8 Å². The zero-order valence-corrected chi connectivity index (χ0v) is 13.4. The standard InChI is InChI=1S/C17H30N3/c1-16(2)17-4-6-18(7-5-17)8-9-20-13-10-19(3,11-14-20)12-15-20/h4-7,16H,8-15H2,1-3H3/q+3. The Balaban J connectivity index is 1.59. The fourth-order valence-electron chi connectivity index (χ4n) is 3.70. The molecule has 0 amide bonds. The minimum absolute atomic E-state index is 0.631. The van der Waals surface area contributed by atoms with Gasteiger partial charge in [0.15, 0.2) is 18.9 Å². The Bertz CT molecular complexity index is 439. The van der Waals surface area contributed by atoms with Gasteiger partial charge in [-0.05, 0) is 11.5 Å². The van der Waals surface area contributed by atoms with Gasteiger partial charge in [0.2, 0.25) is 0 Å². The van der Waals surface area contributed by atoms with Crippen LogP contribution in [-0.2, 0) is 6.54 Å². The highest BCUT2D eigenvalue weighted by Gasteiger charge is 2.46. The van der Waals surface area contributed by atoms with Gasteiger partial charge in [0, 0.05) is 12.1 Å². The fraction of sp³-hybridized carbons (Fsp3) is 0.706. The van der Waals surface area contributed by atoms with Gasteiger partial charge in [-0.3, -0.25) is 0 Å². The van der Waals surface area contributed by atoms with E-state index in [9.17, 15) is 0 Å². The van der Waals surface area contributed by atoms with Crippen LogP contribution in [0.4, 0.5) is 0 Å². The van der Waals surface area contributed by atoms with Crippen LogP contribution in [0, 0.1) is 0 Å². The van der Waals surface area contributed by atoms with Gasteiger partial charge in [-0.15, -0.1) is 0 Å². The van der Waals surface area contributed by atoms with E-state index in [1.807, 2.05) is 0 Å². The zero-order chi connectivity index (χ0) is 14.2. The van der Waals surface area contributed by atoms with E-state index in [0.29, 0.717) is 5.92 Å². The molecule has 3 fully saturated rings. The van der Waals surface area contributed by atoms with Crippen molar-refractivity contribution >= 4 is 0 Å². The topological polar surface area (TPSA) is 3.88 Å². The summed E-state index contributed by atoms with van der Waals surface area (Å²) in [5, 5.41) is 0. The molecule has 4 rings (SSSR count). The van der Waals surface area contributed by atoms with Crippen molar-refractivity contribution in [3.05, 3.63) is 30.1 Å². The zero-order valence-electron chi connectivity index (χ0n) is 13.4.